The second-order valence-corrected chi connectivity index (χ2v) is 12.0. The SMILES string of the molecule is CC(C)=CCc1c(OCCCCC[N+](C)(C)CC(=O)N(CC(C)C)CC(C)C)ccc2ccc(=O)oc12. The summed E-state index contributed by atoms with van der Waals surface area (Å²) in [6.07, 6.45) is 5.78. The predicted octanol–water partition coefficient (Wildman–Crippen LogP) is 6.07. The van der Waals surface area contributed by atoms with E-state index in [1.54, 1.807) is 6.07 Å². The molecule has 206 valence electrons. The number of benzene rings is 1. The van der Waals surface area contributed by atoms with Gasteiger partial charge in [0, 0.05) is 30.1 Å². The number of ether oxygens (including phenoxy) is 1. The standard InChI is InChI=1S/C31H49N2O4/c1-23(2)12-15-27-28(16-13-26-14-17-30(35)37-31(26)27)36-19-11-9-10-18-33(7,8)22-29(34)32(20-24(3)4)21-25(5)6/h12-14,16-17,24-25H,9-11,15,18-22H2,1-8H3/q+1. The minimum atomic E-state index is -0.348. The fraction of sp³-hybridized carbons (Fsp3) is 0.613. The summed E-state index contributed by atoms with van der Waals surface area (Å²) >= 11 is 0. The lowest BCUT2D eigenvalue weighted by molar-refractivity contribution is -0.883. The number of quaternary nitrogens is 1. The molecule has 0 atom stereocenters. The van der Waals surface area contributed by atoms with E-state index in [0.717, 1.165) is 55.6 Å². The Kier molecular flexibility index (Phi) is 11.9. The Morgan fingerprint density at radius 3 is 2.27 bits per heavy atom. The predicted molar refractivity (Wildman–Crippen MR) is 153 cm³/mol. The van der Waals surface area contributed by atoms with Gasteiger partial charge in [0.25, 0.3) is 5.91 Å². The van der Waals surface area contributed by atoms with Crippen LogP contribution in [-0.2, 0) is 11.2 Å². The summed E-state index contributed by atoms with van der Waals surface area (Å²) in [4.78, 5) is 26.9. The average molecular weight is 514 g/mol. The van der Waals surface area contributed by atoms with Gasteiger partial charge in [-0.3, -0.25) is 4.79 Å². The molecule has 0 N–H and O–H groups in total. The van der Waals surface area contributed by atoms with Crippen LogP contribution in [0.3, 0.4) is 0 Å². The molecule has 37 heavy (non-hydrogen) atoms. The van der Waals surface area contributed by atoms with Crippen molar-refractivity contribution in [2.24, 2.45) is 11.8 Å². The highest BCUT2D eigenvalue weighted by atomic mass is 16.5. The van der Waals surface area contributed by atoms with E-state index in [1.807, 2.05) is 17.0 Å². The molecule has 0 aliphatic heterocycles. The topological polar surface area (TPSA) is 59.8 Å². The maximum atomic E-state index is 13.0. The van der Waals surface area contributed by atoms with Crippen molar-refractivity contribution in [3.05, 3.63) is 51.9 Å². The molecule has 0 saturated heterocycles. The van der Waals surface area contributed by atoms with Crippen molar-refractivity contribution in [2.45, 2.75) is 67.2 Å². The highest BCUT2D eigenvalue weighted by Crippen LogP contribution is 2.28. The van der Waals surface area contributed by atoms with Crippen LogP contribution in [0.5, 0.6) is 5.75 Å². The molecule has 1 heterocycles. The molecule has 1 aromatic heterocycles. The number of amides is 1. The van der Waals surface area contributed by atoms with Crippen LogP contribution in [0.1, 0.15) is 66.4 Å². The van der Waals surface area contributed by atoms with E-state index in [0.29, 0.717) is 41.5 Å². The van der Waals surface area contributed by atoms with E-state index in [-0.39, 0.29) is 11.5 Å². The van der Waals surface area contributed by atoms with Crippen LogP contribution in [0.15, 0.2) is 45.1 Å². The zero-order chi connectivity index (χ0) is 27.6. The van der Waals surface area contributed by atoms with Gasteiger partial charge in [-0.1, -0.05) is 39.3 Å². The lowest BCUT2D eigenvalue weighted by Gasteiger charge is -2.33. The normalized spacial score (nSPS) is 11.8. The highest BCUT2D eigenvalue weighted by molar-refractivity contribution is 5.82. The number of rotatable bonds is 15. The minimum absolute atomic E-state index is 0.252. The van der Waals surface area contributed by atoms with Crippen molar-refractivity contribution in [2.75, 3.05) is 46.9 Å². The number of hydrogen-bond donors (Lipinski definition) is 0. The third kappa shape index (κ3) is 10.7. The summed E-state index contributed by atoms with van der Waals surface area (Å²) in [5, 5.41) is 0.902. The van der Waals surface area contributed by atoms with Gasteiger partial charge >= 0.3 is 5.63 Å². The van der Waals surface area contributed by atoms with Crippen molar-refractivity contribution in [3.8, 4) is 5.75 Å². The lowest BCUT2D eigenvalue weighted by atomic mass is 10.1. The molecule has 1 aromatic carbocycles. The minimum Gasteiger partial charge on any atom is -0.493 e. The van der Waals surface area contributed by atoms with Crippen LogP contribution < -0.4 is 10.4 Å². The maximum Gasteiger partial charge on any atom is 0.336 e. The van der Waals surface area contributed by atoms with Gasteiger partial charge in [0.05, 0.1) is 27.2 Å². The van der Waals surface area contributed by atoms with Crippen molar-refractivity contribution in [3.63, 3.8) is 0 Å². The van der Waals surface area contributed by atoms with Gasteiger partial charge < -0.3 is 18.5 Å². The molecular weight excluding hydrogens is 464 g/mol. The molecule has 1 amide bonds. The van der Waals surface area contributed by atoms with E-state index in [1.165, 1.54) is 11.6 Å². The Morgan fingerprint density at radius 1 is 1.00 bits per heavy atom. The Bertz CT molecular complexity index is 1080. The quantitative estimate of drug-likeness (QED) is 0.126. The van der Waals surface area contributed by atoms with Gasteiger partial charge in [0.2, 0.25) is 0 Å². The smallest absolute Gasteiger partial charge is 0.336 e. The van der Waals surface area contributed by atoms with Gasteiger partial charge in [-0.05, 0) is 69.6 Å². The van der Waals surface area contributed by atoms with Crippen LogP contribution in [0.25, 0.3) is 11.0 Å². The summed E-state index contributed by atoms with van der Waals surface area (Å²) in [6, 6.07) is 7.17. The van der Waals surface area contributed by atoms with Crippen LogP contribution in [0.2, 0.25) is 0 Å². The first kappa shape index (κ1) is 30.6. The third-order valence-electron chi connectivity index (χ3n) is 6.32. The number of unbranched alkanes of at least 4 members (excludes halogenated alkanes) is 2. The Morgan fingerprint density at radius 2 is 1.65 bits per heavy atom. The van der Waals surface area contributed by atoms with Crippen LogP contribution >= 0.6 is 0 Å². The monoisotopic (exact) mass is 513 g/mol. The zero-order valence-corrected chi connectivity index (χ0v) is 24.4. The number of nitrogens with zero attached hydrogens (tertiary/aromatic N) is 2. The first-order valence-corrected chi connectivity index (χ1v) is 13.8. The van der Waals surface area contributed by atoms with Gasteiger partial charge in [0.15, 0.2) is 6.54 Å². The number of fused-ring (bicyclic) bond motifs is 1. The fourth-order valence-corrected chi connectivity index (χ4v) is 4.51. The van der Waals surface area contributed by atoms with Crippen molar-refractivity contribution >= 4 is 16.9 Å². The molecular formula is C31H49N2O4+. The Hall–Kier alpha value is -2.60. The van der Waals surface area contributed by atoms with E-state index in [2.05, 4.69) is 61.7 Å². The van der Waals surface area contributed by atoms with Crippen molar-refractivity contribution in [1.29, 1.82) is 0 Å². The molecule has 6 nitrogen and oxygen atoms in total. The summed E-state index contributed by atoms with van der Waals surface area (Å²) < 4.78 is 12.4. The summed E-state index contributed by atoms with van der Waals surface area (Å²) in [7, 11) is 4.30. The van der Waals surface area contributed by atoms with Crippen LogP contribution in [0.4, 0.5) is 0 Å². The van der Waals surface area contributed by atoms with E-state index >= 15 is 0 Å². The Balaban J connectivity index is 1.89. The molecule has 0 aliphatic rings. The summed E-state index contributed by atoms with van der Waals surface area (Å²) in [5.74, 6) is 1.97. The zero-order valence-electron chi connectivity index (χ0n) is 24.4. The van der Waals surface area contributed by atoms with Gasteiger partial charge in [0.1, 0.15) is 11.3 Å². The molecule has 0 bridgehead atoms. The van der Waals surface area contributed by atoms with E-state index in [4.69, 9.17) is 9.15 Å². The Labute approximate surface area is 223 Å². The first-order chi connectivity index (χ1) is 17.4. The summed E-state index contributed by atoms with van der Waals surface area (Å²) in [6.45, 7) is 16.5. The highest BCUT2D eigenvalue weighted by Gasteiger charge is 2.25. The number of allylic oxidation sites excluding steroid dienone is 2. The van der Waals surface area contributed by atoms with Gasteiger partial charge in [-0.25, -0.2) is 4.79 Å². The molecule has 0 radical (unpaired) electrons. The second-order valence-electron chi connectivity index (χ2n) is 12.0. The molecule has 0 saturated carbocycles. The van der Waals surface area contributed by atoms with Gasteiger partial charge in [-0.2, -0.15) is 0 Å². The van der Waals surface area contributed by atoms with Crippen LogP contribution in [-0.4, -0.2) is 62.2 Å². The second kappa shape index (κ2) is 14.4. The third-order valence-corrected chi connectivity index (χ3v) is 6.32. The summed E-state index contributed by atoms with van der Waals surface area (Å²) in [5.41, 5.74) is 2.38. The molecule has 0 aliphatic carbocycles. The fourth-order valence-electron chi connectivity index (χ4n) is 4.51. The molecule has 6 heteroatoms. The van der Waals surface area contributed by atoms with Crippen molar-refractivity contribution < 1.29 is 18.4 Å². The molecule has 0 fully saturated rings. The van der Waals surface area contributed by atoms with Crippen LogP contribution in [0, 0.1) is 11.8 Å². The largest absolute Gasteiger partial charge is 0.493 e. The van der Waals surface area contributed by atoms with Crippen molar-refractivity contribution in [1.82, 2.24) is 4.90 Å². The number of carbonyl (C=O) groups is 1. The molecule has 2 rings (SSSR count). The van der Waals surface area contributed by atoms with E-state index in [9.17, 15) is 9.59 Å². The first-order valence-electron chi connectivity index (χ1n) is 13.8. The number of hydrogen-bond acceptors (Lipinski definition) is 4. The molecule has 0 unspecified atom stereocenters. The lowest BCUT2D eigenvalue weighted by Crippen LogP contribution is -2.50. The van der Waals surface area contributed by atoms with Gasteiger partial charge in [-0.15, -0.1) is 0 Å². The molecule has 2 aromatic rings. The number of carbonyl (C=O) groups excluding carboxylic acids is 1. The average Bonchev–Trinajstić information content (AvgIpc) is 2.78. The number of likely N-dealkylation sites (N-methyl/N-ethyl adjacent to an activating group) is 1. The maximum absolute atomic E-state index is 13.0. The molecule has 0 spiro atoms. The van der Waals surface area contributed by atoms with E-state index < -0.39 is 0 Å².